The van der Waals surface area contributed by atoms with Crippen LogP contribution in [0, 0.1) is 0 Å². The smallest absolute Gasteiger partial charge is 0.261 e. The van der Waals surface area contributed by atoms with Gasteiger partial charge in [0.25, 0.3) is 8.32 Å². The molecule has 3 nitrogen and oxygen atoms in total. The third-order valence-electron chi connectivity index (χ3n) is 5.18. The van der Waals surface area contributed by atoms with Gasteiger partial charge in [-0.1, -0.05) is 93.6 Å². The molecule has 162 valence electrons. The number of rotatable bonds is 12. The Kier molecular flexibility index (Phi) is 9.25. The second kappa shape index (κ2) is 11.4. The van der Waals surface area contributed by atoms with Gasteiger partial charge in [-0.2, -0.15) is 0 Å². The molecular weight excluding hydrogens is 388 g/mol. The van der Waals surface area contributed by atoms with Crippen molar-refractivity contribution in [3.8, 4) is 0 Å². The molecule has 2 rings (SSSR count). The fourth-order valence-electron chi connectivity index (χ4n) is 3.81. The van der Waals surface area contributed by atoms with Gasteiger partial charge in [0.15, 0.2) is 6.29 Å². The molecule has 30 heavy (non-hydrogen) atoms. The highest BCUT2D eigenvalue weighted by Crippen LogP contribution is 2.37. The first kappa shape index (κ1) is 24.3. The average molecular weight is 425 g/mol. The summed E-state index contributed by atoms with van der Waals surface area (Å²) < 4.78 is 18.8. The molecule has 0 N–H and O–H groups in total. The molecule has 0 aromatic heterocycles. The summed E-state index contributed by atoms with van der Waals surface area (Å²) in [7, 11) is -2.61. The third kappa shape index (κ3) is 5.79. The van der Waals surface area contributed by atoms with Crippen LogP contribution in [-0.2, 0) is 13.9 Å². The lowest BCUT2D eigenvalue weighted by molar-refractivity contribution is -0.160. The van der Waals surface area contributed by atoms with Crippen LogP contribution >= 0.6 is 0 Å². The second-order valence-electron chi connectivity index (χ2n) is 8.29. The molecule has 0 spiro atoms. The van der Waals surface area contributed by atoms with Crippen LogP contribution in [0.2, 0.25) is 5.04 Å². The lowest BCUT2D eigenvalue weighted by Crippen LogP contribution is -2.67. The predicted octanol–water partition coefficient (Wildman–Crippen LogP) is 5.07. The van der Waals surface area contributed by atoms with E-state index in [2.05, 4.69) is 82.5 Å². The molecule has 0 bridgehead atoms. The van der Waals surface area contributed by atoms with Crippen LogP contribution in [0.15, 0.2) is 86.0 Å². The summed E-state index contributed by atoms with van der Waals surface area (Å²) in [5.74, 6) is 0. The topological polar surface area (TPSA) is 27.7 Å². The van der Waals surface area contributed by atoms with Gasteiger partial charge in [-0.15, -0.1) is 13.2 Å². The van der Waals surface area contributed by atoms with E-state index in [1.165, 1.54) is 10.4 Å². The Morgan fingerprint density at radius 2 is 1.47 bits per heavy atom. The molecule has 0 aliphatic carbocycles. The summed E-state index contributed by atoms with van der Waals surface area (Å²) in [6.45, 7) is 17.5. The largest absolute Gasteiger partial charge is 0.404 e. The van der Waals surface area contributed by atoms with Crippen molar-refractivity contribution in [3.63, 3.8) is 0 Å². The maximum Gasteiger partial charge on any atom is 0.261 e. The van der Waals surface area contributed by atoms with Crippen molar-refractivity contribution >= 4 is 18.7 Å². The average Bonchev–Trinajstić information content (AvgIpc) is 2.74. The van der Waals surface area contributed by atoms with Crippen LogP contribution in [0.1, 0.15) is 34.1 Å². The van der Waals surface area contributed by atoms with Crippen molar-refractivity contribution in [2.75, 3.05) is 13.2 Å². The molecule has 0 fully saturated rings. The Hall–Kier alpha value is -1.98. The Morgan fingerprint density at radius 1 is 0.933 bits per heavy atom. The molecule has 0 radical (unpaired) electrons. The first-order valence-corrected chi connectivity index (χ1v) is 12.5. The number of hydrogen-bond donors (Lipinski definition) is 0. The molecule has 1 unspecified atom stereocenters. The second-order valence-corrected chi connectivity index (χ2v) is 12.6. The number of benzene rings is 2. The van der Waals surface area contributed by atoms with Crippen LogP contribution < -0.4 is 10.4 Å². The van der Waals surface area contributed by atoms with Gasteiger partial charge in [0.2, 0.25) is 0 Å². The van der Waals surface area contributed by atoms with Crippen LogP contribution in [0.4, 0.5) is 0 Å². The molecule has 4 heteroatoms. The zero-order chi connectivity index (χ0) is 22.0. The maximum atomic E-state index is 6.94. The van der Waals surface area contributed by atoms with Gasteiger partial charge in [-0.3, -0.25) is 0 Å². The van der Waals surface area contributed by atoms with E-state index in [0.717, 1.165) is 0 Å². The van der Waals surface area contributed by atoms with E-state index in [-0.39, 0.29) is 17.4 Å². The monoisotopic (exact) mass is 424 g/mol. The summed E-state index contributed by atoms with van der Waals surface area (Å²) in [5, 5.41) is 2.42. The molecule has 0 aliphatic rings. The number of hydrogen-bond acceptors (Lipinski definition) is 3. The SMILES string of the molecule is C=CCC(OCC)O[C@@H](C=C)CO[Si](c1ccccc1)(c1ccccc1)C(C)(C)C. The van der Waals surface area contributed by atoms with E-state index < -0.39 is 8.32 Å². The quantitative estimate of drug-likeness (QED) is 0.270. The molecule has 0 saturated carbocycles. The molecule has 0 amide bonds. The minimum absolute atomic E-state index is 0.0815. The number of ether oxygens (including phenoxy) is 2. The molecule has 2 atom stereocenters. The normalized spacial score (nSPS) is 14.1. The van der Waals surface area contributed by atoms with Crippen LogP contribution in [0.25, 0.3) is 0 Å². The van der Waals surface area contributed by atoms with Gasteiger partial charge in [0, 0.05) is 13.0 Å². The van der Waals surface area contributed by atoms with E-state index in [1.807, 2.05) is 25.1 Å². The Labute approximate surface area is 183 Å². The highest BCUT2D eigenvalue weighted by atomic mass is 28.4. The molecule has 0 heterocycles. The standard InChI is InChI=1S/C26H36O3Si/c1-7-16-25(27-9-3)29-22(8-2)21-28-30(26(4,5)6,23-17-12-10-13-18-23)24-19-14-11-15-20-24/h7-8,10-15,17-20,22,25H,1-2,9,16,21H2,3-6H3/t22-,25?/m0/s1. The molecule has 2 aromatic carbocycles. The molecular formula is C26H36O3Si. The van der Waals surface area contributed by atoms with Crippen LogP contribution in [0.3, 0.4) is 0 Å². The van der Waals surface area contributed by atoms with Gasteiger partial charge in [0.1, 0.15) is 6.10 Å². The fraction of sp³-hybridized carbons (Fsp3) is 0.385. The van der Waals surface area contributed by atoms with Crippen LogP contribution in [-0.4, -0.2) is 33.9 Å². The third-order valence-corrected chi connectivity index (χ3v) is 10.2. The summed E-state index contributed by atoms with van der Waals surface area (Å²) in [6, 6.07) is 21.2. The molecule has 2 aromatic rings. The highest BCUT2D eigenvalue weighted by molar-refractivity contribution is 6.99. The molecule has 0 aliphatic heterocycles. The lowest BCUT2D eigenvalue weighted by Gasteiger charge is -2.43. The zero-order valence-corrected chi connectivity index (χ0v) is 19.8. The van der Waals surface area contributed by atoms with Crippen molar-refractivity contribution in [1.82, 2.24) is 0 Å². The van der Waals surface area contributed by atoms with Gasteiger partial charge in [0.05, 0.1) is 6.61 Å². The van der Waals surface area contributed by atoms with E-state index in [9.17, 15) is 0 Å². The van der Waals surface area contributed by atoms with Crippen LogP contribution in [0.5, 0.6) is 0 Å². The summed E-state index contributed by atoms with van der Waals surface area (Å²) in [5.41, 5.74) is 0. The van der Waals surface area contributed by atoms with E-state index in [1.54, 1.807) is 6.08 Å². The van der Waals surface area contributed by atoms with Gasteiger partial charge < -0.3 is 13.9 Å². The van der Waals surface area contributed by atoms with Gasteiger partial charge in [-0.05, 0) is 22.3 Å². The summed E-state index contributed by atoms with van der Waals surface area (Å²) >= 11 is 0. The van der Waals surface area contributed by atoms with Gasteiger partial charge in [-0.25, -0.2) is 0 Å². The minimum atomic E-state index is -2.61. The Morgan fingerprint density at radius 3 is 1.87 bits per heavy atom. The van der Waals surface area contributed by atoms with Crippen molar-refractivity contribution in [2.45, 2.75) is 51.5 Å². The Bertz CT molecular complexity index is 728. The predicted molar refractivity (Wildman–Crippen MR) is 129 cm³/mol. The summed E-state index contributed by atoms with van der Waals surface area (Å²) in [6.07, 6.45) is 3.61. The highest BCUT2D eigenvalue weighted by Gasteiger charge is 2.50. The van der Waals surface area contributed by atoms with Gasteiger partial charge >= 0.3 is 0 Å². The van der Waals surface area contributed by atoms with E-state index >= 15 is 0 Å². The molecule has 0 saturated heterocycles. The first-order chi connectivity index (χ1) is 14.4. The zero-order valence-electron chi connectivity index (χ0n) is 18.8. The Balaban J connectivity index is 2.40. The minimum Gasteiger partial charge on any atom is -0.404 e. The fourth-order valence-corrected chi connectivity index (χ4v) is 8.38. The van der Waals surface area contributed by atoms with Crippen molar-refractivity contribution in [2.24, 2.45) is 0 Å². The van der Waals surface area contributed by atoms with Crippen molar-refractivity contribution in [1.29, 1.82) is 0 Å². The lowest BCUT2D eigenvalue weighted by atomic mass is 10.2. The van der Waals surface area contributed by atoms with Crippen molar-refractivity contribution in [3.05, 3.63) is 86.0 Å². The first-order valence-electron chi connectivity index (χ1n) is 10.6. The van der Waals surface area contributed by atoms with E-state index in [4.69, 9.17) is 13.9 Å². The van der Waals surface area contributed by atoms with E-state index in [0.29, 0.717) is 19.6 Å². The maximum absolute atomic E-state index is 6.94. The summed E-state index contributed by atoms with van der Waals surface area (Å²) in [4.78, 5) is 0. The van der Waals surface area contributed by atoms with Crippen molar-refractivity contribution < 1.29 is 13.9 Å².